The van der Waals surface area contributed by atoms with Crippen molar-refractivity contribution in [2.24, 2.45) is 0 Å². The molecule has 2 aliphatic rings. The van der Waals surface area contributed by atoms with Gasteiger partial charge in [0, 0.05) is 4.47 Å². The second-order valence-electron chi connectivity index (χ2n) is 6.63. The van der Waals surface area contributed by atoms with Gasteiger partial charge in [0.1, 0.15) is 5.75 Å². The maximum Gasteiger partial charge on any atom is 0.495 e. The van der Waals surface area contributed by atoms with Gasteiger partial charge in [-0.05, 0) is 64.2 Å². The van der Waals surface area contributed by atoms with Gasteiger partial charge >= 0.3 is 7.12 Å². The molecule has 0 aromatic heterocycles. The number of halogens is 1. The summed E-state index contributed by atoms with van der Waals surface area (Å²) in [5, 5.41) is 0. The van der Waals surface area contributed by atoms with Crippen molar-refractivity contribution in [3.63, 3.8) is 0 Å². The molecule has 0 radical (unpaired) electrons. The van der Waals surface area contributed by atoms with Gasteiger partial charge in [-0.1, -0.05) is 15.9 Å². The zero-order valence-corrected chi connectivity index (χ0v) is 14.0. The molecule has 1 aromatic rings. The lowest BCUT2D eigenvalue weighted by molar-refractivity contribution is 0.00578. The maximum absolute atomic E-state index is 6.08. The second kappa shape index (κ2) is 4.75. The minimum atomic E-state index is -0.348. The molecular weight excluding hydrogens is 319 g/mol. The van der Waals surface area contributed by atoms with Gasteiger partial charge in [-0.3, -0.25) is 0 Å². The van der Waals surface area contributed by atoms with E-state index in [0.717, 1.165) is 28.5 Å². The summed E-state index contributed by atoms with van der Waals surface area (Å²) in [6.07, 6.45) is 2.69. The molecule has 0 bridgehead atoms. The minimum absolute atomic E-state index is 0.322. The van der Waals surface area contributed by atoms with E-state index >= 15 is 0 Å². The van der Waals surface area contributed by atoms with Gasteiger partial charge in [0.25, 0.3) is 0 Å². The van der Waals surface area contributed by atoms with Gasteiger partial charge in [-0.2, -0.15) is 0 Å². The lowest BCUT2D eigenvalue weighted by atomic mass is 9.79. The summed E-state index contributed by atoms with van der Waals surface area (Å²) in [7, 11) is -0.348. The van der Waals surface area contributed by atoms with E-state index in [-0.39, 0.29) is 18.3 Å². The molecule has 2 fully saturated rings. The number of hydrogen-bond acceptors (Lipinski definition) is 3. The molecule has 3 rings (SSSR count). The zero-order valence-electron chi connectivity index (χ0n) is 12.4. The van der Waals surface area contributed by atoms with Crippen LogP contribution in [0.4, 0.5) is 0 Å². The fraction of sp³-hybridized carbons (Fsp3) is 0.600. The van der Waals surface area contributed by atoms with Crippen molar-refractivity contribution >= 4 is 28.5 Å². The fourth-order valence-electron chi connectivity index (χ4n) is 2.15. The fourth-order valence-corrected chi connectivity index (χ4v) is 2.64. The van der Waals surface area contributed by atoms with E-state index in [4.69, 9.17) is 14.0 Å². The molecule has 0 N–H and O–H groups in total. The Labute approximate surface area is 129 Å². The summed E-state index contributed by atoms with van der Waals surface area (Å²) in [6.45, 7) is 8.25. The predicted molar refractivity (Wildman–Crippen MR) is 83.5 cm³/mol. The standard InChI is InChI=1S/C15H20BBrO3/c1-14(2)15(3,4)20-16(19-14)10-7-11(17)9-13(8-10)18-12-5-6-12/h7-9,12H,5-6H2,1-4H3. The number of rotatable bonds is 3. The van der Waals surface area contributed by atoms with Gasteiger partial charge in [0.2, 0.25) is 0 Å². The van der Waals surface area contributed by atoms with Crippen molar-refractivity contribution < 1.29 is 14.0 Å². The summed E-state index contributed by atoms with van der Waals surface area (Å²) >= 11 is 3.54. The maximum atomic E-state index is 6.08. The lowest BCUT2D eigenvalue weighted by Gasteiger charge is -2.32. The van der Waals surface area contributed by atoms with Gasteiger partial charge in [0.15, 0.2) is 0 Å². The van der Waals surface area contributed by atoms with Crippen LogP contribution in [-0.2, 0) is 9.31 Å². The highest BCUT2D eigenvalue weighted by Crippen LogP contribution is 2.37. The van der Waals surface area contributed by atoms with Gasteiger partial charge in [0.05, 0.1) is 17.3 Å². The molecule has 1 aliphatic carbocycles. The number of ether oxygens (including phenoxy) is 1. The van der Waals surface area contributed by atoms with E-state index in [9.17, 15) is 0 Å². The monoisotopic (exact) mass is 338 g/mol. The molecule has 108 valence electrons. The summed E-state index contributed by atoms with van der Waals surface area (Å²) < 4.78 is 19.0. The van der Waals surface area contributed by atoms with E-state index < -0.39 is 0 Å². The van der Waals surface area contributed by atoms with Gasteiger partial charge in [-0.15, -0.1) is 0 Å². The summed E-state index contributed by atoms with van der Waals surface area (Å²) in [6, 6.07) is 6.04. The van der Waals surface area contributed by atoms with Crippen molar-refractivity contribution in [3.8, 4) is 5.75 Å². The van der Waals surface area contributed by atoms with Crippen LogP contribution in [0.1, 0.15) is 40.5 Å². The first-order chi connectivity index (χ1) is 9.27. The number of benzene rings is 1. The smallest absolute Gasteiger partial charge is 0.490 e. The third kappa shape index (κ3) is 2.76. The molecule has 5 heteroatoms. The van der Waals surface area contributed by atoms with Gasteiger partial charge < -0.3 is 14.0 Å². The Morgan fingerprint density at radius 3 is 2.25 bits per heavy atom. The molecular formula is C15H20BBrO3. The van der Waals surface area contributed by atoms with E-state index in [2.05, 4.69) is 43.6 Å². The van der Waals surface area contributed by atoms with Crippen LogP contribution in [0.15, 0.2) is 22.7 Å². The molecule has 1 saturated heterocycles. The van der Waals surface area contributed by atoms with E-state index in [0.29, 0.717) is 6.10 Å². The van der Waals surface area contributed by atoms with Crippen LogP contribution in [0.2, 0.25) is 0 Å². The quantitative estimate of drug-likeness (QED) is 0.791. The molecule has 20 heavy (non-hydrogen) atoms. The van der Waals surface area contributed by atoms with Gasteiger partial charge in [-0.25, -0.2) is 0 Å². The summed E-state index contributed by atoms with van der Waals surface area (Å²) in [5.41, 5.74) is 0.350. The van der Waals surface area contributed by atoms with Crippen molar-refractivity contribution in [2.45, 2.75) is 57.8 Å². The van der Waals surface area contributed by atoms with Crippen LogP contribution < -0.4 is 10.2 Å². The Morgan fingerprint density at radius 2 is 1.70 bits per heavy atom. The highest BCUT2D eigenvalue weighted by molar-refractivity contribution is 9.10. The lowest BCUT2D eigenvalue weighted by Crippen LogP contribution is -2.41. The normalized spacial score (nSPS) is 23.9. The average molecular weight is 339 g/mol. The largest absolute Gasteiger partial charge is 0.495 e. The van der Waals surface area contributed by atoms with Crippen LogP contribution in [0.5, 0.6) is 5.75 Å². The van der Waals surface area contributed by atoms with Crippen LogP contribution in [-0.4, -0.2) is 24.4 Å². The molecule has 1 aromatic carbocycles. The molecule has 0 atom stereocenters. The van der Waals surface area contributed by atoms with Crippen molar-refractivity contribution in [2.75, 3.05) is 0 Å². The van der Waals surface area contributed by atoms with Crippen molar-refractivity contribution in [1.29, 1.82) is 0 Å². The van der Waals surface area contributed by atoms with Crippen molar-refractivity contribution in [1.82, 2.24) is 0 Å². The van der Waals surface area contributed by atoms with Crippen LogP contribution in [0.25, 0.3) is 0 Å². The SMILES string of the molecule is CC1(C)OB(c2cc(Br)cc(OC3CC3)c2)OC1(C)C. The van der Waals surface area contributed by atoms with E-state index in [1.165, 1.54) is 0 Å². The van der Waals surface area contributed by atoms with Crippen LogP contribution in [0, 0.1) is 0 Å². The third-order valence-corrected chi connectivity index (χ3v) is 4.70. The molecule has 0 amide bonds. The van der Waals surface area contributed by atoms with Crippen molar-refractivity contribution in [3.05, 3.63) is 22.7 Å². The average Bonchev–Trinajstić information content (AvgIpc) is 3.06. The Kier molecular flexibility index (Phi) is 3.43. The first kappa shape index (κ1) is 14.4. The molecule has 3 nitrogen and oxygen atoms in total. The summed E-state index contributed by atoms with van der Waals surface area (Å²) in [4.78, 5) is 0. The van der Waals surface area contributed by atoms with E-state index in [1.807, 2.05) is 18.2 Å². The predicted octanol–water partition coefficient (Wildman–Crippen LogP) is 3.29. The number of hydrogen-bond donors (Lipinski definition) is 0. The zero-order chi connectivity index (χ0) is 14.5. The Morgan fingerprint density at radius 1 is 1.10 bits per heavy atom. The molecule has 0 unspecified atom stereocenters. The van der Waals surface area contributed by atoms with E-state index in [1.54, 1.807) is 0 Å². The Bertz CT molecular complexity index is 510. The van der Waals surface area contributed by atoms with Crippen LogP contribution >= 0.6 is 15.9 Å². The molecule has 1 aliphatic heterocycles. The minimum Gasteiger partial charge on any atom is -0.490 e. The molecule has 1 heterocycles. The van der Waals surface area contributed by atoms with Crippen LogP contribution in [0.3, 0.4) is 0 Å². The Balaban J connectivity index is 1.85. The first-order valence-corrected chi connectivity index (χ1v) is 7.89. The first-order valence-electron chi connectivity index (χ1n) is 7.10. The third-order valence-electron chi connectivity index (χ3n) is 4.25. The highest BCUT2D eigenvalue weighted by atomic mass is 79.9. The second-order valence-corrected chi connectivity index (χ2v) is 7.54. The highest BCUT2D eigenvalue weighted by Gasteiger charge is 2.51. The topological polar surface area (TPSA) is 27.7 Å². The summed E-state index contributed by atoms with van der Waals surface area (Å²) in [5.74, 6) is 0.881. The molecule has 0 spiro atoms. The Hall–Kier alpha value is -0.515. The molecule has 1 saturated carbocycles.